The standard InChI is InChI=1S/C12H14FN3O2S/c13-11-8-9(2-1-7-14)3-6-12(11)16-19(17,18)15-10-4-5-10/h3,6,8,10,15-16H,4-5,7,14H2. The van der Waals surface area contributed by atoms with Crippen molar-refractivity contribution >= 4 is 15.9 Å². The molecule has 0 unspecified atom stereocenters. The Morgan fingerprint density at radius 3 is 2.74 bits per heavy atom. The molecule has 1 aromatic rings. The number of nitrogens with two attached hydrogens (primary N) is 1. The van der Waals surface area contributed by atoms with E-state index in [1.54, 1.807) is 0 Å². The minimum atomic E-state index is -3.72. The van der Waals surface area contributed by atoms with E-state index in [2.05, 4.69) is 21.3 Å². The number of hydrogen-bond donors (Lipinski definition) is 3. The molecule has 5 nitrogen and oxygen atoms in total. The van der Waals surface area contributed by atoms with Crippen molar-refractivity contribution in [1.29, 1.82) is 0 Å². The summed E-state index contributed by atoms with van der Waals surface area (Å²) in [6, 6.07) is 4.00. The maximum absolute atomic E-state index is 13.7. The molecule has 0 bridgehead atoms. The molecule has 0 radical (unpaired) electrons. The minimum Gasteiger partial charge on any atom is -0.320 e. The normalized spacial score (nSPS) is 14.6. The molecule has 0 amide bonds. The Balaban J connectivity index is 2.12. The highest BCUT2D eigenvalue weighted by Gasteiger charge is 2.27. The van der Waals surface area contributed by atoms with Gasteiger partial charge in [-0.25, -0.2) is 4.39 Å². The molecule has 1 fully saturated rings. The van der Waals surface area contributed by atoms with Gasteiger partial charge in [0.25, 0.3) is 10.2 Å². The van der Waals surface area contributed by atoms with Crippen molar-refractivity contribution in [2.75, 3.05) is 11.3 Å². The fraction of sp³-hybridized carbons (Fsp3) is 0.333. The first-order chi connectivity index (χ1) is 9.00. The monoisotopic (exact) mass is 283 g/mol. The van der Waals surface area contributed by atoms with Crippen molar-refractivity contribution < 1.29 is 12.8 Å². The van der Waals surface area contributed by atoms with Gasteiger partial charge in [0.1, 0.15) is 5.82 Å². The molecular formula is C12H14FN3O2S. The third-order valence-electron chi connectivity index (χ3n) is 2.45. The van der Waals surface area contributed by atoms with Crippen LogP contribution in [0.1, 0.15) is 18.4 Å². The number of halogens is 1. The summed E-state index contributed by atoms with van der Waals surface area (Å²) in [5.74, 6) is 4.59. The van der Waals surface area contributed by atoms with Crippen LogP contribution in [0.25, 0.3) is 0 Å². The molecule has 0 saturated heterocycles. The van der Waals surface area contributed by atoms with Crippen LogP contribution in [0.2, 0.25) is 0 Å². The molecule has 1 aliphatic carbocycles. The van der Waals surface area contributed by atoms with Gasteiger partial charge < -0.3 is 5.73 Å². The van der Waals surface area contributed by atoms with Gasteiger partial charge in [-0.15, -0.1) is 0 Å². The third kappa shape index (κ3) is 4.21. The van der Waals surface area contributed by atoms with Crippen molar-refractivity contribution in [3.8, 4) is 11.8 Å². The van der Waals surface area contributed by atoms with E-state index >= 15 is 0 Å². The molecule has 1 aromatic carbocycles. The molecule has 0 aromatic heterocycles. The van der Waals surface area contributed by atoms with Crippen molar-refractivity contribution in [3.05, 3.63) is 29.6 Å². The van der Waals surface area contributed by atoms with E-state index in [1.165, 1.54) is 12.1 Å². The van der Waals surface area contributed by atoms with Crippen LogP contribution in [-0.4, -0.2) is 21.0 Å². The van der Waals surface area contributed by atoms with Crippen LogP contribution in [-0.2, 0) is 10.2 Å². The van der Waals surface area contributed by atoms with Crippen LogP contribution in [0.3, 0.4) is 0 Å². The molecule has 0 atom stereocenters. The van der Waals surface area contributed by atoms with Gasteiger partial charge in [-0.05, 0) is 31.0 Å². The summed E-state index contributed by atoms with van der Waals surface area (Å²) in [4.78, 5) is 0. The first-order valence-corrected chi connectivity index (χ1v) is 7.27. The maximum atomic E-state index is 13.7. The van der Waals surface area contributed by atoms with Gasteiger partial charge >= 0.3 is 0 Å². The molecule has 0 aliphatic heterocycles. The first kappa shape index (κ1) is 13.8. The number of rotatable bonds is 4. The highest BCUT2D eigenvalue weighted by molar-refractivity contribution is 7.90. The average Bonchev–Trinajstić information content (AvgIpc) is 3.12. The number of benzene rings is 1. The van der Waals surface area contributed by atoms with Gasteiger partial charge in [-0.3, -0.25) is 4.72 Å². The van der Waals surface area contributed by atoms with Crippen LogP contribution in [0.4, 0.5) is 10.1 Å². The molecule has 0 heterocycles. The van der Waals surface area contributed by atoms with E-state index in [-0.39, 0.29) is 18.3 Å². The van der Waals surface area contributed by atoms with Crippen LogP contribution in [0.15, 0.2) is 18.2 Å². The fourth-order valence-corrected chi connectivity index (χ4v) is 2.61. The summed E-state index contributed by atoms with van der Waals surface area (Å²) in [5.41, 5.74) is 5.55. The smallest absolute Gasteiger partial charge is 0.299 e. The molecule has 4 N–H and O–H groups in total. The molecule has 19 heavy (non-hydrogen) atoms. The Kier molecular flexibility index (Phi) is 4.04. The maximum Gasteiger partial charge on any atom is 0.299 e. The van der Waals surface area contributed by atoms with E-state index < -0.39 is 16.0 Å². The lowest BCUT2D eigenvalue weighted by molar-refractivity contribution is 0.584. The van der Waals surface area contributed by atoms with Crippen LogP contribution >= 0.6 is 0 Å². The Morgan fingerprint density at radius 1 is 1.42 bits per heavy atom. The van der Waals surface area contributed by atoms with E-state index in [0.717, 1.165) is 18.9 Å². The van der Waals surface area contributed by atoms with E-state index in [1.807, 2.05) is 0 Å². The Bertz CT molecular complexity index is 630. The van der Waals surface area contributed by atoms with E-state index in [0.29, 0.717) is 5.56 Å². The molecule has 0 spiro atoms. The van der Waals surface area contributed by atoms with Gasteiger partial charge in [0.2, 0.25) is 0 Å². The van der Waals surface area contributed by atoms with Gasteiger partial charge in [0.15, 0.2) is 0 Å². The lowest BCUT2D eigenvalue weighted by Gasteiger charge is -2.09. The lowest BCUT2D eigenvalue weighted by atomic mass is 10.2. The lowest BCUT2D eigenvalue weighted by Crippen LogP contribution is -2.32. The van der Waals surface area contributed by atoms with Crippen molar-refractivity contribution in [3.63, 3.8) is 0 Å². The molecule has 1 aliphatic rings. The van der Waals surface area contributed by atoms with Gasteiger partial charge in [0.05, 0.1) is 12.2 Å². The van der Waals surface area contributed by atoms with Crippen molar-refractivity contribution in [2.45, 2.75) is 18.9 Å². The zero-order chi connectivity index (χ0) is 13.9. The summed E-state index contributed by atoms with van der Waals surface area (Å²) in [6.45, 7) is 0.182. The van der Waals surface area contributed by atoms with Crippen molar-refractivity contribution in [1.82, 2.24) is 4.72 Å². The Labute approximate surface area is 111 Å². The Morgan fingerprint density at radius 2 is 2.16 bits per heavy atom. The fourth-order valence-electron chi connectivity index (χ4n) is 1.42. The second-order valence-corrected chi connectivity index (χ2v) is 5.64. The summed E-state index contributed by atoms with van der Waals surface area (Å²) >= 11 is 0. The van der Waals surface area contributed by atoms with Crippen LogP contribution in [0, 0.1) is 17.7 Å². The highest BCUT2D eigenvalue weighted by atomic mass is 32.2. The third-order valence-corrected chi connectivity index (χ3v) is 3.58. The quantitative estimate of drug-likeness (QED) is 0.705. The largest absolute Gasteiger partial charge is 0.320 e. The molecule has 2 rings (SSSR count). The summed E-state index contributed by atoms with van der Waals surface area (Å²) in [7, 11) is -3.72. The van der Waals surface area contributed by atoms with E-state index in [9.17, 15) is 12.8 Å². The zero-order valence-electron chi connectivity index (χ0n) is 10.1. The number of hydrogen-bond acceptors (Lipinski definition) is 3. The molecule has 7 heteroatoms. The SMILES string of the molecule is NCC#Cc1ccc(NS(=O)(=O)NC2CC2)c(F)c1. The molecule has 1 saturated carbocycles. The average molecular weight is 283 g/mol. The van der Waals surface area contributed by atoms with E-state index in [4.69, 9.17) is 5.73 Å². The molecule has 102 valence electrons. The predicted octanol–water partition coefficient (Wildman–Crippen LogP) is 0.545. The minimum absolute atomic E-state index is 0.0322. The molecular weight excluding hydrogens is 269 g/mol. The van der Waals surface area contributed by atoms with Crippen LogP contribution in [0.5, 0.6) is 0 Å². The highest BCUT2D eigenvalue weighted by Crippen LogP contribution is 2.21. The van der Waals surface area contributed by atoms with Gasteiger partial charge in [-0.1, -0.05) is 11.8 Å². The zero-order valence-corrected chi connectivity index (χ0v) is 10.9. The number of anilines is 1. The van der Waals surface area contributed by atoms with Crippen molar-refractivity contribution in [2.24, 2.45) is 5.73 Å². The summed E-state index contributed by atoms with van der Waals surface area (Å²) in [5, 5.41) is 0. The van der Waals surface area contributed by atoms with Gasteiger partial charge in [0, 0.05) is 11.6 Å². The Hall–Kier alpha value is -1.62. The second kappa shape index (κ2) is 5.57. The topological polar surface area (TPSA) is 84.2 Å². The van der Waals surface area contributed by atoms with Gasteiger partial charge in [-0.2, -0.15) is 13.1 Å². The number of nitrogens with one attached hydrogen (secondary N) is 2. The summed E-state index contributed by atoms with van der Waals surface area (Å²) < 4.78 is 41.5. The second-order valence-electron chi connectivity index (χ2n) is 4.20. The predicted molar refractivity (Wildman–Crippen MR) is 71.0 cm³/mol. The first-order valence-electron chi connectivity index (χ1n) is 5.79. The van der Waals surface area contributed by atoms with Crippen LogP contribution < -0.4 is 15.2 Å². The summed E-state index contributed by atoms with van der Waals surface area (Å²) in [6.07, 6.45) is 1.63.